The van der Waals surface area contributed by atoms with Crippen molar-refractivity contribution in [2.45, 2.75) is 12.8 Å². The Balaban J connectivity index is 2.14. The number of aromatic nitrogens is 1. The van der Waals surface area contributed by atoms with Crippen LogP contribution in [-0.4, -0.2) is 33.9 Å². The van der Waals surface area contributed by atoms with Crippen LogP contribution in [0.15, 0.2) is 18.5 Å². The molecule has 0 aromatic carbocycles. The Kier molecular flexibility index (Phi) is 4.14. The van der Waals surface area contributed by atoms with E-state index < -0.39 is 0 Å². The van der Waals surface area contributed by atoms with Gasteiger partial charge in [0.15, 0.2) is 0 Å². The first kappa shape index (κ1) is 13.2. The number of thiocarbonyl (C=S) groups is 1. The maximum Gasteiger partial charge on any atom is 0.255 e. The Labute approximate surface area is 116 Å². The smallest absolute Gasteiger partial charge is 0.255 e. The summed E-state index contributed by atoms with van der Waals surface area (Å²) in [7, 11) is 0. The van der Waals surface area contributed by atoms with E-state index in [0.717, 1.165) is 19.4 Å². The lowest BCUT2D eigenvalue weighted by molar-refractivity contribution is 0.0703. The van der Waals surface area contributed by atoms with Crippen LogP contribution in [0, 0.1) is 5.92 Å². The zero-order valence-electron chi connectivity index (χ0n) is 9.80. The summed E-state index contributed by atoms with van der Waals surface area (Å²) in [6.07, 6.45) is 4.90. The summed E-state index contributed by atoms with van der Waals surface area (Å²) in [5.74, 6) is 0.0293. The van der Waals surface area contributed by atoms with Crippen LogP contribution in [0.25, 0.3) is 0 Å². The fraction of sp³-hybridized carbons (Fsp3) is 0.417. The van der Waals surface area contributed by atoms with Gasteiger partial charge in [-0.15, -0.1) is 0 Å². The second-order valence-corrected chi connectivity index (χ2v) is 5.23. The van der Waals surface area contributed by atoms with Crippen LogP contribution >= 0.6 is 23.8 Å². The maximum atomic E-state index is 12.3. The minimum absolute atomic E-state index is 0.0802. The van der Waals surface area contributed by atoms with Crippen molar-refractivity contribution in [1.82, 2.24) is 9.88 Å². The molecule has 0 saturated carbocycles. The van der Waals surface area contributed by atoms with Gasteiger partial charge in [-0.25, -0.2) is 0 Å². The van der Waals surface area contributed by atoms with Gasteiger partial charge in [-0.05, 0) is 18.9 Å². The SMILES string of the molecule is NC(=S)C1CCCN(C(=O)c2ccncc2Cl)C1. The van der Waals surface area contributed by atoms with Crippen molar-refractivity contribution in [3.63, 3.8) is 0 Å². The van der Waals surface area contributed by atoms with E-state index in [2.05, 4.69) is 4.98 Å². The minimum atomic E-state index is -0.0802. The van der Waals surface area contributed by atoms with Gasteiger partial charge in [0.25, 0.3) is 5.91 Å². The van der Waals surface area contributed by atoms with Gasteiger partial charge >= 0.3 is 0 Å². The molecular weight excluding hydrogens is 270 g/mol. The molecule has 2 N–H and O–H groups in total. The van der Waals surface area contributed by atoms with E-state index in [0.29, 0.717) is 22.1 Å². The van der Waals surface area contributed by atoms with Crippen LogP contribution in [0.2, 0.25) is 5.02 Å². The molecular formula is C12H14ClN3OS. The summed E-state index contributed by atoms with van der Waals surface area (Å²) in [4.78, 5) is 18.4. The van der Waals surface area contributed by atoms with Gasteiger partial charge < -0.3 is 10.6 Å². The number of hydrogen-bond donors (Lipinski definition) is 1. The lowest BCUT2D eigenvalue weighted by Gasteiger charge is -2.32. The number of rotatable bonds is 2. The van der Waals surface area contributed by atoms with Gasteiger partial charge in [0.05, 0.1) is 15.6 Å². The third kappa shape index (κ3) is 2.79. The quantitative estimate of drug-likeness (QED) is 0.842. The number of nitrogens with two attached hydrogens (primary N) is 1. The van der Waals surface area contributed by atoms with Gasteiger partial charge in [-0.3, -0.25) is 9.78 Å². The minimum Gasteiger partial charge on any atom is -0.393 e. The Morgan fingerprint density at radius 3 is 3.06 bits per heavy atom. The fourth-order valence-electron chi connectivity index (χ4n) is 2.11. The van der Waals surface area contributed by atoms with E-state index in [9.17, 15) is 4.79 Å². The van der Waals surface area contributed by atoms with E-state index >= 15 is 0 Å². The molecule has 1 saturated heterocycles. The maximum absolute atomic E-state index is 12.3. The lowest BCUT2D eigenvalue weighted by atomic mass is 9.97. The van der Waals surface area contributed by atoms with Crippen molar-refractivity contribution < 1.29 is 4.79 Å². The standard InChI is InChI=1S/C12H14ClN3OS/c13-10-6-15-4-3-9(10)12(17)16-5-1-2-8(7-16)11(14)18/h3-4,6,8H,1-2,5,7H2,(H2,14,18). The topological polar surface area (TPSA) is 59.2 Å². The molecule has 1 aliphatic heterocycles. The molecule has 1 aliphatic rings. The molecule has 0 bridgehead atoms. The first-order valence-electron chi connectivity index (χ1n) is 5.77. The Bertz CT molecular complexity index is 480. The predicted molar refractivity (Wildman–Crippen MR) is 74.7 cm³/mol. The van der Waals surface area contributed by atoms with E-state index in [1.165, 1.54) is 6.20 Å². The summed E-state index contributed by atoms with van der Waals surface area (Å²) >= 11 is 11.0. The highest BCUT2D eigenvalue weighted by atomic mass is 35.5. The summed E-state index contributed by atoms with van der Waals surface area (Å²) in [6.45, 7) is 1.30. The molecule has 6 heteroatoms. The van der Waals surface area contributed by atoms with E-state index in [1.54, 1.807) is 17.2 Å². The Hall–Kier alpha value is -1.20. The van der Waals surface area contributed by atoms with Crippen molar-refractivity contribution in [2.75, 3.05) is 13.1 Å². The first-order chi connectivity index (χ1) is 8.59. The molecule has 2 heterocycles. The molecule has 96 valence electrons. The van der Waals surface area contributed by atoms with Crippen LogP contribution in [0.1, 0.15) is 23.2 Å². The molecule has 1 unspecified atom stereocenters. The zero-order valence-corrected chi connectivity index (χ0v) is 11.4. The molecule has 2 rings (SSSR count). The first-order valence-corrected chi connectivity index (χ1v) is 6.56. The van der Waals surface area contributed by atoms with Gasteiger partial charge in [0.2, 0.25) is 0 Å². The largest absolute Gasteiger partial charge is 0.393 e. The number of amides is 1. The van der Waals surface area contributed by atoms with Crippen molar-refractivity contribution in [1.29, 1.82) is 0 Å². The molecule has 0 spiro atoms. The molecule has 1 aromatic rings. The molecule has 1 aromatic heterocycles. The van der Waals surface area contributed by atoms with Crippen molar-refractivity contribution in [2.24, 2.45) is 11.7 Å². The molecule has 1 amide bonds. The van der Waals surface area contributed by atoms with Crippen molar-refractivity contribution in [3.8, 4) is 0 Å². The van der Waals surface area contributed by atoms with Crippen LogP contribution in [0.5, 0.6) is 0 Å². The van der Waals surface area contributed by atoms with Gasteiger partial charge in [-0.2, -0.15) is 0 Å². The molecule has 1 fully saturated rings. The average Bonchev–Trinajstić information content (AvgIpc) is 2.38. The van der Waals surface area contributed by atoms with Gasteiger partial charge in [0.1, 0.15) is 0 Å². The highest BCUT2D eigenvalue weighted by Gasteiger charge is 2.26. The van der Waals surface area contributed by atoms with Crippen LogP contribution in [0.4, 0.5) is 0 Å². The van der Waals surface area contributed by atoms with Gasteiger partial charge in [-0.1, -0.05) is 23.8 Å². The lowest BCUT2D eigenvalue weighted by Crippen LogP contribution is -2.43. The van der Waals surface area contributed by atoms with E-state index in [1.807, 2.05) is 0 Å². The molecule has 18 heavy (non-hydrogen) atoms. The molecule has 4 nitrogen and oxygen atoms in total. The van der Waals surface area contributed by atoms with Crippen LogP contribution in [-0.2, 0) is 0 Å². The molecule has 0 radical (unpaired) electrons. The predicted octanol–water partition coefficient (Wildman–Crippen LogP) is 1.87. The van der Waals surface area contributed by atoms with Crippen LogP contribution in [0.3, 0.4) is 0 Å². The molecule has 0 aliphatic carbocycles. The second-order valence-electron chi connectivity index (χ2n) is 4.35. The number of carbonyl (C=O) groups excluding carboxylic acids is 1. The van der Waals surface area contributed by atoms with Gasteiger partial charge in [0, 0.05) is 31.4 Å². The summed E-state index contributed by atoms with van der Waals surface area (Å²) < 4.78 is 0. The third-order valence-corrected chi connectivity index (χ3v) is 3.75. The summed E-state index contributed by atoms with van der Waals surface area (Å²) in [5, 5.41) is 0.375. The number of likely N-dealkylation sites (tertiary alicyclic amines) is 1. The Morgan fingerprint density at radius 1 is 1.61 bits per heavy atom. The highest BCUT2D eigenvalue weighted by molar-refractivity contribution is 7.80. The van der Waals surface area contributed by atoms with E-state index in [4.69, 9.17) is 29.6 Å². The van der Waals surface area contributed by atoms with E-state index in [-0.39, 0.29) is 11.8 Å². The number of nitrogens with zero attached hydrogens (tertiary/aromatic N) is 2. The number of piperidine rings is 1. The molecule has 1 atom stereocenters. The summed E-state index contributed by atoms with van der Waals surface area (Å²) in [5.41, 5.74) is 6.14. The third-order valence-electron chi connectivity index (χ3n) is 3.11. The van der Waals surface area contributed by atoms with Crippen molar-refractivity contribution in [3.05, 3.63) is 29.0 Å². The van der Waals surface area contributed by atoms with Crippen LogP contribution < -0.4 is 5.73 Å². The monoisotopic (exact) mass is 283 g/mol. The average molecular weight is 284 g/mol. The highest BCUT2D eigenvalue weighted by Crippen LogP contribution is 2.21. The number of carbonyl (C=O) groups is 1. The van der Waals surface area contributed by atoms with Crippen molar-refractivity contribution >= 4 is 34.7 Å². The number of hydrogen-bond acceptors (Lipinski definition) is 3. The summed E-state index contributed by atoms with van der Waals surface area (Å²) in [6, 6.07) is 1.63. The number of pyridine rings is 1. The fourth-order valence-corrected chi connectivity index (χ4v) is 2.51. The number of halogens is 1. The normalized spacial score (nSPS) is 19.6. The Morgan fingerprint density at radius 2 is 2.39 bits per heavy atom. The second kappa shape index (κ2) is 5.63. The zero-order chi connectivity index (χ0) is 13.1.